The Bertz CT molecular complexity index is 1220. The first kappa shape index (κ1) is 22.8. The van der Waals surface area contributed by atoms with Gasteiger partial charge in [0.2, 0.25) is 0 Å². The average molecular weight is 453 g/mol. The van der Waals surface area contributed by atoms with Crippen LogP contribution in [0.25, 0.3) is 32.3 Å². The van der Waals surface area contributed by atoms with Gasteiger partial charge in [-0.25, -0.2) is 0 Å². The van der Waals surface area contributed by atoms with Crippen LogP contribution in [0.15, 0.2) is 92.6 Å². The lowest BCUT2D eigenvalue weighted by Crippen LogP contribution is -2.42. The van der Waals surface area contributed by atoms with Crippen molar-refractivity contribution in [3.8, 4) is 0 Å². The zero-order chi connectivity index (χ0) is 22.8. The predicted molar refractivity (Wildman–Crippen MR) is 152 cm³/mol. The van der Waals surface area contributed by atoms with E-state index in [9.17, 15) is 0 Å². The number of hydrogen-bond acceptors (Lipinski definition) is 0. The van der Waals surface area contributed by atoms with Gasteiger partial charge in [0.15, 0.2) is 0 Å². The maximum Gasteiger partial charge on any atom is 0.0814 e. The minimum Gasteiger partial charge on any atom is -0.103 e. The van der Waals surface area contributed by atoms with Crippen LogP contribution in [-0.2, 0) is 0 Å². The molecule has 0 saturated heterocycles. The van der Waals surface area contributed by atoms with Gasteiger partial charge in [-0.05, 0) is 50.4 Å². The molecule has 0 radical (unpaired) electrons. The van der Waals surface area contributed by atoms with E-state index in [1.165, 1.54) is 69.0 Å². The van der Waals surface area contributed by atoms with E-state index in [0.29, 0.717) is 0 Å². The fraction of sp³-hybridized carbons (Fsp3) is 0.267. The largest absolute Gasteiger partial charge is 0.103 e. The average Bonchev–Trinajstić information content (AvgIpc) is 2.78. The minimum absolute atomic E-state index is 1.17. The third-order valence-electron chi connectivity index (χ3n) is 7.50. The fourth-order valence-corrected chi connectivity index (χ4v) is 12.9. The molecule has 0 spiro atoms. The Morgan fingerprint density at radius 1 is 0.656 bits per heavy atom. The van der Waals surface area contributed by atoms with Gasteiger partial charge in [0.25, 0.3) is 0 Å². The first-order chi connectivity index (χ1) is 15.4. The molecule has 0 aliphatic heterocycles. The second-order valence-electron chi connectivity index (χ2n) is 10.2. The first-order valence-corrected chi connectivity index (χ1v) is 18.0. The van der Waals surface area contributed by atoms with Crippen molar-refractivity contribution in [1.82, 2.24) is 0 Å². The molecule has 0 unspecified atom stereocenters. The van der Waals surface area contributed by atoms with Gasteiger partial charge in [0.05, 0.1) is 16.1 Å². The van der Waals surface area contributed by atoms with Crippen LogP contribution in [0.1, 0.15) is 6.42 Å². The second kappa shape index (κ2) is 9.21. The molecule has 32 heavy (non-hydrogen) atoms. The summed E-state index contributed by atoms with van der Waals surface area (Å²) in [5.41, 5.74) is 0. The highest BCUT2D eigenvalue weighted by atomic mass is 28.3. The Labute approximate surface area is 195 Å². The number of hydrogen-bond donors (Lipinski definition) is 0. The molecule has 0 amide bonds. The highest BCUT2D eigenvalue weighted by molar-refractivity contribution is 6.91. The summed E-state index contributed by atoms with van der Waals surface area (Å²) in [4.78, 5) is 0. The Morgan fingerprint density at radius 3 is 1.78 bits per heavy atom. The molecule has 0 atom stereocenters. The summed E-state index contributed by atoms with van der Waals surface area (Å²) in [7, 11) is -3.03. The monoisotopic (exact) mass is 452 g/mol. The van der Waals surface area contributed by atoms with E-state index in [0.717, 1.165) is 0 Å². The van der Waals surface area contributed by atoms with Gasteiger partial charge in [-0.2, -0.15) is 0 Å². The van der Waals surface area contributed by atoms with Crippen molar-refractivity contribution < 1.29 is 0 Å². The molecule has 0 saturated carbocycles. The van der Waals surface area contributed by atoms with E-state index in [1.807, 2.05) is 0 Å². The lowest BCUT2D eigenvalue weighted by Gasteiger charge is -2.31. The number of benzene rings is 4. The Balaban J connectivity index is 1.67. The molecule has 164 valence electrons. The van der Waals surface area contributed by atoms with E-state index in [1.54, 1.807) is 5.19 Å². The van der Waals surface area contributed by atoms with Crippen molar-refractivity contribution in [1.29, 1.82) is 0 Å². The van der Waals surface area contributed by atoms with Crippen molar-refractivity contribution >= 4 is 53.7 Å². The molecule has 0 N–H and O–H groups in total. The van der Waals surface area contributed by atoms with Crippen molar-refractivity contribution in [2.75, 3.05) is 0 Å². The summed E-state index contributed by atoms with van der Waals surface area (Å²) in [5, 5.41) is 10.1. The lowest BCUT2D eigenvalue weighted by atomic mass is 9.94. The van der Waals surface area contributed by atoms with Crippen LogP contribution < -0.4 is 5.19 Å². The second-order valence-corrected chi connectivity index (χ2v) is 19.7. The third kappa shape index (κ3) is 4.14. The van der Waals surface area contributed by atoms with Gasteiger partial charge in [0, 0.05) is 0 Å². The molecule has 0 aliphatic rings. The highest BCUT2D eigenvalue weighted by Gasteiger charge is 2.31. The molecule has 4 aromatic rings. The summed E-state index contributed by atoms with van der Waals surface area (Å²) in [6.07, 6.45) is 7.73. The quantitative estimate of drug-likeness (QED) is 0.121. The van der Waals surface area contributed by atoms with E-state index >= 15 is 0 Å². The summed E-state index contributed by atoms with van der Waals surface area (Å²) in [5.74, 6) is 0. The molecular formula is C30H36Si2. The van der Waals surface area contributed by atoms with E-state index < -0.39 is 16.1 Å². The maximum absolute atomic E-state index is 4.06. The van der Waals surface area contributed by atoms with Crippen molar-refractivity contribution in [2.24, 2.45) is 0 Å². The maximum atomic E-state index is 4.06. The van der Waals surface area contributed by atoms with Crippen LogP contribution in [0.4, 0.5) is 0 Å². The van der Waals surface area contributed by atoms with Crippen LogP contribution in [0.3, 0.4) is 0 Å². The minimum atomic E-state index is -1.60. The zero-order valence-electron chi connectivity index (χ0n) is 19.8. The topological polar surface area (TPSA) is 0 Å². The zero-order valence-corrected chi connectivity index (χ0v) is 21.8. The Hall–Kier alpha value is -2.43. The summed E-state index contributed by atoms with van der Waals surface area (Å²) >= 11 is 0. The molecule has 4 aromatic carbocycles. The smallest absolute Gasteiger partial charge is 0.0814 e. The van der Waals surface area contributed by atoms with Crippen molar-refractivity contribution in [2.45, 2.75) is 49.7 Å². The fourth-order valence-electron chi connectivity index (χ4n) is 5.84. The van der Waals surface area contributed by atoms with Gasteiger partial charge >= 0.3 is 0 Å². The molecular weight excluding hydrogens is 417 g/mol. The van der Waals surface area contributed by atoms with Gasteiger partial charge in [0.1, 0.15) is 0 Å². The molecule has 0 fully saturated rings. The van der Waals surface area contributed by atoms with Crippen molar-refractivity contribution in [3.05, 3.63) is 92.6 Å². The number of allylic oxidation sites excluding steroid dienone is 3. The Morgan fingerprint density at radius 2 is 1.19 bits per heavy atom. The van der Waals surface area contributed by atoms with Crippen LogP contribution in [-0.4, -0.2) is 16.1 Å². The lowest BCUT2D eigenvalue weighted by molar-refractivity contribution is 0.997. The van der Waals surface area contributed by atoms with Crippen LogP contribution >= 0.6 is 0 Å². The predicted octanol–water partition coefficient (Wildman–Crippen LogP) is 8.90. The van der Waals surface area contributed by atoms with Gasteiger partial charge in [-0.15, -0.1) is 19.7 Å². The molecule has 0 aliphatic carbocycles. The molecule has 0 nitrogen and oxygen atoms in total. The molecule has 0 bridgehead atoms. The Kier molecular flexibility index (Phi) is 6.55. The molecule has 2 heteroatoms. The van der Waals surface area contributed by atoms with E-state index in [4.69, 9.17) is 0 Å². The normalized spacial score (nSPS) is 12.6. The molecule has 4 rings (SSSR count). The first-order valence-electron chi connectivity index (χ1n) is 11.9. The van der Waals surface area contributed by atoms with E-state index in [-0.39, 0.29) is 0 Å². The highest BCUT2D eigenvalue weighted by Crippen LogP contribution is 2.36. The molecule has 0 aromatic heterocycles. The van der Waals surface area contributed by atoms with Crippen LogP contribution in [0.2, 0.25) is 43.3 Å². The van der Waals surface area contributed by atoms with Gasteiger partial charge in [-0.1, -0.05) is 110 Å². The van der Waals surface area contributed by atoms with E-state index in [2.05, 4.69) is 106 Å². The van der Waals surface area contributed by atoms with Gasteiger partial charge < -0.3 is 0 Å². The number of rotatable bonds is 11. The SMILES string of the molecule is C=CC[Si](CC=C)(CC=C)CCC[Si](C)(C)c1ccc2ccc3cccc4ccc1c2c34. The third-order valence-corrected chi connectivity index (χ3v) is 15.9. The van der Waals surface area contributed by atoms with Gasteiger partial charge in [-0.3, -0.25) is 0 Å². The summed E-state index contributed by atoms with van der Waals surface area (Å²) < 4.78 is 0. The summed E-state index contributed by atoms with van der Waals surface area (Å²) in [6, 6.07) is 27.0. The van der Waals surface area contributed by atoms with Crippen molar-refractivity contribution in [3.63, 3.8) is 0 Å². The van der Waals surface area contributed by atoms with Crippen LogP contribution in [0, 0.1) is 0 Å². The van der Waals surface area contributed by atoms with Crippen LogP contribution in [0.5, 0.6) is 0 Å². The molecule has 0 heterocycles. The standard InChI is InChI=1S/C30H36Si2/c1-6-19-32(20-7-2,21-8-3)23-10-22-31(4,5)28-18-16-26-14-13-24-11-9-12-25-15-17-27(28)30(26)29(24)25/h6-9,11-18H,1-3,10,19-23H2,4-5H3. The summed E-state index contributed by atoms with van der Waals surface area (Å²) in [6.45, 7) is 17.3.